The Balaban J connectivity index is 1.90. The van der Waals surface area contributed by atoms with E-state index in [-0.39, 0.29) is 30.8 Å². The summed E-state index contributed by atoms with van der Waals surface area (Å²) < 4.78 is 10.5. The summed E-state index contributed by atoms with van der Waals surface area (Å²) in [5.41, 5.74) is 1.29. The molecule has 0 fully saturated rings. The minimum Gasteiger partial charge on any atom is -0.465 e. The predicted octanol–water partition coefficient (Wildman–Crippen LogP) is 2.64. The molecule has 9 nitrogen and oxygen atoms in total. The van der Waals surface area contributed by atoms with Crippen LogP contribution in [-0.2, 0) is 29.5 Å². The van der Waals surface area contributed by atoms with Gasteiger partial charge in [0.2, 0.25) is 0 Å². The third-order valence-corrected chi connectivity index (χ3v) is 5.77. The molecule has 0 spiro atoms. The Morgan fingerprint density at radius 2 is 1.74 bits per heavy atom. The van der Waals surface area contributed by atoms with Gasteiger partial charge in [0, 0.05) is 18.5 Å². The molecule has 0 atom stereocenters. The van der Waals surface area contributed by atoms with E-state index in [0.717, 1.165) is 10.2 Å². The number of aromatic nitrogens is 5. The molecule has 34 heavy (non-hydrogen) atoms. The van der Waals surface area contributed by atoms with E-state index in [0.29, 0.717) is 22.2 Å². The van der Waals surface area contributed by atoms with Crippen LogP contribution in [0.15, 0.2) is 64.2 Å². The van der Waals surface area contributed by atoms with Gasteiger partial charge in [0.25, 0.3) is 5.56 Å². The summed E-state index contributed by atoms with van der Waals surface area (Å²) in [6.07, 6.45) is 0.251. The van der Waals surface area contributed by atoms with E-state index in [2.05, 4.69) is 5.10 Å². The molecule has 10 heteroatoms. The smallest absolute Gasteiger partial charge is 0.351 e. The zero-order chi connectivity index (χ0) is 24.4. The van der Waals surface area contributed by atoms with Gasteiger partial charge in [-0.1, -0.05) is 41.9 Å². The zero-order valence-electron chi connectivity index (χ0n) is 19.1. The van der Waals surface area contributed by atoms with Gasteiger partial charge in [-0.05, 0) is 43.7 Å². The van der Waals surface area contributed by atoms with Crippen molar-refractivity contribution in [3.8, 4) is 11.4 Å². The first-order chi connectivity index (χ1) is 16.3. The zero-order valence-corrected chi connectivity index (χ0v) is 19.8. The number of halogens is 1. The number of rotatable bonds is 7. The first-order valence-corrected chi connectivity index (χ1v) is 11.1. The molecule has 4 rings (SSSR count). The lowest BCUT2D eigenvalue weighted by molar-refractivity contribution is -0.144. The van der Waals surface area contributed by atoms with Crippen LogP contribution < -0.4 is 11.2 Å². The van der Waals surface area contributed by atoms with Gasteiger partial charge in [-0.15, -0.1) is 0 Å². The topological polar surface area (TPSA) is 93.1 Å². The van der Waals surface area contributed by atoms with E-state index < -0.39 is 11.7 Å². The Morgan fingerprint density at radius 1 is 1.06 bits per heavy atom. The number of hydrogen-bond donors (Lipinski definition) is 0. The minimum absolute atomic E-state index is 0.176. The molecule has 0 aliphatic rings. The quantitative estimate of drug-likeness (QED) is 0.378. The number of nitrogens with zero attached hydrogens (tertiary/aromatic N) is 5. The van der Waals surface area contributed by atoms with Gasteiger partial charge in [-0.25, -0.2) is 18.7 Å². The van der Waals surface area contributed by atoms with Gasteiger partial charge in [-0.3, -0.25) is 14.3 Å². The van der Waals surface area contributed by atoms with E-state index in [1.165, 1.54) is 9.25 Å². The van der Waals surface area contributed by atoms with Gasteiger partial charge < -0.3 is 4.74 Å². The van der Waals surface area contributed by atoms with Crippen LogP contribution in [0.1, 0.15) is 24.0 Å². The Labute approximate surface area is 200 Å². The second-order valence-electron chi connectivity index (χ2n) is 7.71. The fraction of sp³-hybridized carbons (Fsp3) is 0.250. The second kappa shape index (κ2) is 9.56. The van der Waals surface area contributed by atoms with Crippen LogP contribution in [-0.4, -0.2) is 36.3 Å². The molecule has 0 amide bonds. The molecular weight excluding hydrogens is 458 g/mol. The highest BCUT2D eigenvalue weighted by Crippen LogP contribution is 2.17. The SMILES string of the molecule is CCOC(=O)Cn1nc(Cc2ccc(Cl)cc2)n(-c2c(C)n(C)n(-c3ccccc3)c2=O)c1=O. The number of benzene rings is 2. The van der Waals surface area contributed by atoms with E-state index in [1.807, 2.05) is 42.5 Å². The molecule has 4 aromatic rings. The van der Waals surface area contributed by atoms with Crippen molar-refractivity contribution in [1.82, 2.24) is 23.7 Å². The third kappa shape index (κ3) is 4.34. The Morgan fingerprint density at radius 3 is 2.38 bits per heavy atom. The van der Waals surface area contributed by atoms with Crippen molar-refractivity contribution in [3.05, 3.63) is 97.5 Å². The van der Waals surface area contributed by atoms with Crippen LogP contribution in [0.5, 0.6) is 0 Å². The van der Waals surface area contributed by atoms with Crippen molar-refractivity contribution in [2.75, 3.05) is 6.61 Å². The molecule has 0 radical (unpaired) electrons. The van der Waals surface area contributed by atoms with Crippen LogP contribution in [0, 0.1) is 6.92 Å². The first-order valence-electron chi connectivity index (χ1n) is 10.7. The number of esters is 1. The number of hydrogen-bond acceptors (Lipinski definition) is 5. The molecule has 0 saturated heterocycles. The summed E-state index contributed by atoms with van der Waals surface area (Å²) in [6.45, 7) is 3.28. The van der Waals surface area contributed by atoms with Crippen LogP contribution in [0.2, 0.25) is 5.02 Å². The van der Waals surface area contributed by atoms with E-state index in [9.17, 15) is 14.4 Å². The maximum atomic E-state index is 13.6. The summed E-state index contributed by atoms with van der Waals surface area (Å²) in [7, 11) is 1.75. The first kappa shape index (κ1) is 23.3. The van der Waals surface area contributed by atoms with Crippen molar-refractivity contribution < 1.29 is 9.53 Å². The van der Waals surface area contributed by atoms with Gasteiger partial charge in [-0.2, -0.15) is 5.10 Å². The molecule has 0 N–H and O–H groups in total. The molecule has 2 aromatic carbocycles. The van der Waals surface area contributed by atoms with Crippen LogP contribution in [0.3, 0.4) is 0 Å². The minimum atomic E-state index is -0.594. The van der Waals surface area contributed by atoms with E-state index in [4.69, 9.17) is 16.3 Å². The van der Waals surface area contributed by atoms with Crippen LogP contribution in [0.25, 0.3) is 11.4 Å². The summed E-state index contributed by atoms with van der Waals surface area (Å²) >= 11 is 6.00. The second-order valence-corrected chi connectivity index (χ2v) is 8.15. The number of para-hydroxylation sites is 1. The summed E-state index contributed by atoms with van der Waals surface area (Å²) in [5, 5.41) is 4.98. The molecule has 176 valence electrons. The maximum absolute atomic E-state index is 13.6. The summed E-state index contributed by atoms with van der Waals surface area (Å²) in [5.74, 6) is -0.263. The third-order valence-electron chi connectivity index (χ3n) is 5.51. The molecule has 0 aliphatic carbocycles. The molecule has 2 aromatic heterocycles. The van der Waals surface area contributed by atoms with Crippen molar-refractivity contribution in [1.29, 1.82) is 0 Å². The largest absolute Gasteiger partial charge is 0.465 e. The lowest BCUT2D eigenvalue weighted by atomic mass is 10.1. The molecule has 0 aliphatic heterocycles. The monoisotopic (exact) mass is 481 g/mol. The van der Waals surface area contributed by atoms with Crippen molar-refractivity contribution in [2.45, 2.75) is 26.8 Å². The molecule has 2 heterocycles. The molecular formula is C24H24ClN5O4. The van der Waals surface area contributed by atoms with Gasteiger partial charge in [0.05, 0.1) is 18.0 Å². The molecule has 0 unspecified atom stereocenters. The fourth-order valence-corrected chi connectivity index (χ4v) is 3.95. The molecule has 0 saturated carbocycles. The van der Waals surface area contributed by atoms with Gasteiger partial charge in [0.1, 0.15) is 18.1 Å². The number of ether oxygens (including phenoxy) is 1. The van der Waals surface area contributed by atoms with Crippen molar-refractivity contribution in [2.24, 2.45) is 7.05 Å². The highest BCUT2D eigenvalue weighted by atomic mass is 35.5. The maximum Gasteiger partial charge on any atom is 0.351 e. The average Bonchev–Trinajstić information content (AvgIpc) is 3.22. The Bertz CT molecular complexity index is 1450. The Kier molecular flexibility index (Phi) is 6.56. The fourth-order valence-electron chi connectivity index (χ4n) is 3.82. The average molecular weight is 482 g/mol. The highest BCUT2D eigenvalue weighted by molar-refractivity contribution is 6.30. The Hall–Kier alpha value is -3.85. The van der Waals surface area contributed by atoms with Crippen molar-refractivity contribution >= 4 is 17.6 Å². The van der Waals surface area contributed by atoms with Crippen molar-refractivity contribution in [3.63, 3.8) is 0 Å². The predicted molar refractivity (Wildman–Crippen MR) is 128 cm³/mol. The number of carbonyl (C=O) groups is 1. The van der Waals surface area contributed by atoms with Crippen LogP contribution >= 0.6 is 11.6 Å². The van der Waals surface area contributed by atoms with Gasteiger partial charge >= 0.3 is 11.7 Å². The van der Waals surface area contributed by atoms with Gasteiger partial charge in [0.15, 0.2) is 0 Å². The lowest BCUT2D eigenvalue weighted by Crippen LogP contribution is -2.31. The number of carbonyl (C=O) groups excluding carboxylic acids is 1. The standard InChI is InChI=1S/C24H24ClN5O4/c1-4-34-21(31)15-28-24(33)29(20(26-28)14-17-10-12-18(25)13-11-17)22-16(2)27(3)30(23(22)32)19-8-6-5-7-9-19/h5-13H,4,14-15H2,1-3H3. The van der Waals surface area contributed by atoms with E-state index in [1.54, 1.807) is 37.7 Å². The van der Waals surface area contributed by atoms with Crippen LogP contribution in [0.4, 0.5) is 0 Å². The summed E-state index contributed by atoms with van der Waals surface area (Å²) in [6, 6.07) is 16.3. The lowest BCUT2D eigenvalue weighted by Gasteiger charge is -2.07. The summed E-state index contributed by atoms with van der Waals surface area (Å²) in [4.78, 5) is 39.1. The van der Waals surface area contributed by atoms with E-state index >= 15 is 0 Å². The molecule has 0 bridgehead atoms. The highest BCUT2D eigenvalue weighted by Gasteiger charge is 2.25. The normalized spacial score (nSPS) is 11.1.